The SMILES string of the molecule is CN(C)C[C@](C)(O)CN[C@@H]1CCCC1(C)C. The van der Waals surface area contributed by atoms with Gasteiger partial charge < -0.3 is 15.3 Å². The van der Waals surface area contributed by atoms with Gasteiger partial charge in [-0.15, -0.1) is 0 Å². The predicted molar refractivity (Wildman–Crippen MR) is 68.6 cm³/mol. The Morgan fingerprint density at radius 2 is 2.06 bits per heavy atom. The van der Waals surface area contributed by atoms with Gasteiger partial charge in [0.05, 0.1) is 5.60 Å². The lowest BCUT2D eigenvalue weighted by Gasteiger charge is -2.33. The molecule has 0 saturated heterocycles. The molecule has 0 amide bonds. The van der Waals surface area contributed by atoms with E-state index in [1.165, 1.54) is 19.3 Å². The van der Waals surface area contributed by atoms with Crippen molar-refractivity contribution in [3.8, 4) is 0 Å². The minimum absolute atomic E-state index is 0.383. The first-order valence-electron chi connectivity index (χ1n) is 6.33. The standard InChI is InChI=1S/C13H28N2O/c1-12(2)8-6-7-11(12)14-9-13(3,16)10-15(4)5/h11,14,16H,6-10H2,1-5H3/t11-,13-/m1/s1. The van der Waals surface area contributed by atoms with Crippen LogP contribution in [0.15, 0.2) is 0 Å². The minimum atomic E-state index is -0.637. The molecule has 0 spiro atoms. The van der Waals surface area contributed by atoms with Crippen molar-refractivity contribution in [3.05, 3.63) is 0 Å². The molecule has 1 aliphatic rings. The molecule has 0 aromatic rings. The molecule has 1 aliphatic carbocycles. The molecule has 0 aromatic heterocycles. The summed E-state index contributed by atoms with van der Waals surface area (Å²) in [7, 11) is 3.99. The molecule has 0 bridgehead atoms. The maximum atomic E-state index is 10.2. The molecule has 0 aromatic carbocycles. The molecule has 0 unspecified atom stereocenters. The van der Waals surface area contributed by atoms with Crippen molar-refractivity contribution in [2.45, 2.75) is 51.7 Å². The summed E-state index contributed by atoms with van der Waals surface area (Å²) in [5, 5.41) is 13.8. The van der Waals surface area contributed by atoms with Gasteiger partial charge in [0.1, 0.15) is 0 Å². The first kappa shape index (κ1) is 13.9. The first-order chi connectivity index (χ1) is 7.23. The highest BCUT2D eigenvalue weighted by atomic mass is 16.3. The summed E-state index contributed by atoms with van der Waals surface area (Å²) >= 11 is 0. The van der Waals surface area contributed by atoms with E-state index in [0.717, 1.165) is 0 Å². The summed E-state index contributed by atoms with van der Waals surface area (Å²) in [6.07, 6.45) is 3.84. The van der Waals surface area contributed by atoms with E-state index in [0.29, 0.717) is 24.5 Å². The van der Waals surface area contributed by atoms with Gasteiger partial charge in [-0.1, -0.05) is 20.3 Å². The van der Waals surface area contributed by atoms with E-state index in [1.807, 2.05) is 25.9 Å². The third kappa shape index (κ3) is 4.04. The fourth-order valence-corrected chi connectivity index (χ4v) is 2.79. The third-order valence-electron chi connectivity index (χ3n) is 3.64. The van der Waals surface area contributed by atoms with Crippen LogP contribution in [-0.2, 0) is 0 Å². The molecule has 0 aliphatic heterocycles. The zero-order valence-corrected chi connectivity index (χ0v) is 11.5. The van der Waals surface area contributed by atoms with Gasteiger partial charge in [0.2, 0.25) is 0 Å². The Bertz CT molecular complexity index is 224. The quantitative estimate of drug-likeness (QED) is 0.748. The van der Waals surface area contributed by atoms with Gasteiger partial charge >= 0.3 is 0 Å². The largest absolute Gasteiger partial charge is 0.388 e. The number of rotatable bonds is 5. The number of hydrogen-bond donors (Lipinski definition) is 2. The van der Waals surface area contributed by atoms with Crippen LogP contribution in [0.4, 0.5) is 0 Å². The molecule has 1 saturated carbocycles. The minimum Gasteiger partial charge on any atom is -0.388 e. The highest BCUT2D eigenvalue weighted by Gasteiger charge is 2.35. The van der Waals surface area contributed by atoms with Gasteiger partial charge in [-0.2, -0.15) is 0 Å². The zero-order valence-electron chi connectivity index (χ0n) is 11.5. The number of nitrogens with one attached hydrogen (secondary N) is 1. The lowest BCUT2D eigenvalue weighted by Crippen LogP contribution is -2.50. The monoisotopic (exact) mass is 228 g/mol. The zero-order chi connectivity index (χ0) is 12.4. The predicted octanol–water partition coefficient (Wildman–Crippen LogP) is 1.47. The van der Waals surface area contributed by atoms with Gasteiger partial charge in [0, 0.05) is 19.1 Å². The van der Waals surface area contributed by atoms with Crippen molar-refractivity contribution in [3.63, 3.8) is 0 Å². The smallest absolute Gasteiger partial charge is 0.0869 e. The summed E-state index contributed by atoms with van der Waals surface area (Å²) in [4.78, 5) is 2.03. The highest BCUT2D eigenvalue weighted by Crippen LogP contribution is 2.37. The van der Waals surface area contributed by atoms with Gasteiger partial charge in [-0.25, -0.2) is 0 Å². The van der Waals surface area contributed by atoms with Crippen LogP contribution in [0, 0.1) is 5.41 Å². The summed E-state index contributed by atoms with van der Waals surface area (Å²) in [5.74, 6) is 0. The second kappa shape index (κ2) is 5.03. The number of likely N-dealkylation sites (N-methyl/N-ethyl adjacent to an activating group) is 1. The molecule has 3 heteroatoms. The Balaban J connectivity index is 2.39. The Kier molecular flexibility index (Phi) is 4.38. The van der Waals surface area contributed by atoms with Crippen LogP contribution in [0.25, 0.3) is 0 Å². The average Bonchev–Trinajstić information content (AvgIpc) is 2.39. The van der Waals surface area contributed by atoms with E-state index in [1.54, 1.807) is 0 Å². The molecule has 2 N–H and O–H groups in total. The van der Waals surface area contributed by atoms with E-state index < -0.39 is 5.60 Å². The van der Waals surface area contributed by atoms with Crippen molar-refractivity contribution < 1.29 is 5.11 Å². The molecule has 1 fully saturated rings. The molecule has 3 nitrogen and oxygen atoms in total. The maximum Gasteiger partial charge on any atom is 0.0869 e. The molecule has 0 heterocycles. The first-order valence-corrected chi connectivity index (χ1v) is 6.33. The fraction of sp³-hybridized carbons (Fsp3) is 1.00. The lowest BCUT2D eigenvalue weighted by molar-refractivity contribution is 0.0282. The van der Waals surface area contributed by atoms with Crippen LogP contribution < -0.4 is 5.32 Å². The van der Waals surface area contributed by atoms with Crippen LogP contribution in [0.2, 0.25) is 0 Å². The third-order valence-corrected chi connectivity index (χ3v) is 3.64. The maximum absolute atomic E-state index is 10.2. The second-order valence-electron chi connectivity index (χ2n) is 6.55. The molecular formula is C13H28N2O. The van der Waals surface area contributed by atoms with Gasteiger partial charge in [-0.05, 0) is 39.3 Å². The topological polar surface area (TPSA) is 35.5 Å². The molecule has 0 radical (unpaired) electrons. The fourth-order valence-electron chi connectivity index (χ4n) is 2.79. The molecule has 1 rings (SSSR count). The Hall–Kier alpha value is -0.120. The lowest BCUT2D eigenvalue weighted by atomic mass is 9.87. The van der Waals surface area contributed by atoms with Crippen molar-refractivity contribution >= 4 is 0 Å². The summed E-state index contributed by atoms with van der Waals surface area (Å²) in [5.41, 5.74) is -0.254. The van der Waals surface area contributed by atoms with Crippen LogP contribution in [0.1, 0.15) is 40.0 Å². The van der Waals surface area contributed by atoms with Crippen molar-refractivity contribution in [1.29, 1.82) is 0 Å². The number of hydrogen-bond acceptors (Lipinski definition) is 3. The summed E-state index contributed by atoms with van der Waals surface area (Å²) < 4.78 is 0. The summed E-state index contributed by atoms with van der Waals surface area (Å²) in [6, 6.07) is 0.557. The van der Waals surface area contributed by atoms with E-state index in [-0.39, 0.29) is 0 Å². The number of aliphatic hydroxyl groups is 1. The van der Waals surface area contributed by atoms with Gasteiger partial charge in [0.15, 0.2) is 0 Å². The van der Waals surface area contributed by atoms with Crippen LogP contribution >= 0.6 is 0 Å². The normalized spacial score (nSPS) is 28.3. The highest BCUT2D eigenvalue weighted by molar-refractivity contribution is 4.92. The molecule has 96 valence electrons. The van der Waals surface area contributed by atoms with Crippen molar-refractivity contribution in [1.82, 2.24) is 10.2 Å². The Morgan fingerprint density at radius 1 is 1.44 bits per heavy atom. The molecule has 16 heavy (non-hydrogen) atoms. The Morgan fingerprint density at radius 3 is 2.50 bits per heavy atom. The van der Waals surface area contributed by atoms with Gasteiger partial charge in [0.25, 0.3) is 0 Å². The van der Waals surface area contributed by atoms with E-state index in [2.05, 4.69) is 19.2 Å². The van der Waals surface area contributed by atoms with Crippen LogP contribution in [-0.4, -0.2) is 48.8 Å². The van der Waals surface area contributed by atoms with Crippen molar-refractivity contribution in [2.24, 2.45) is 5.41 Å². The molecule has 2 atom stereocenters. The van der Waals surface area contributed by atoms with E-state index in [4.69, 9.17) is 0 Å². The molecular weight excluding hydrogens is 200 g/mol. The summed E-state index contributed by atoms with van der Waals surface area (Å²) in [6.45, 7) is 7.92. The van der Waals surface area contributed by atoms with Crippen molar-refractivity contribution in [2.75, 3.05) is 27.2 Å². The van der Waals surface area contributed by atoms with Crippen LogP contribution in [0.5, 0.6) is 0 Å². The van der Waals surface area contributed by atoms with Gasteiger partial charge in [-0.3, -0.25) is 0 Å². The second-order valence-corrected chi connectivity index (χ2v) is 6.55. The Labute approximate surface area is 100 Å². The van der Waals surface area contributed by atoms with Crippen LogP contribution in [0.3, 0.4) is 0 Å². The average molecular weight is 228 g/mol. The number of nitrogens with zero attached hydrogens (tertiary/aromatic N) is 1. The van der Waals surface area contributed by atoms with E-state index >= 15 is 0 Å². The van der Waals surface area contributed by atoms with E-state index in [9.17, 15) is 5.11 Å².